The summed E-state index contributed by atoms with van der Waals surface area (Å²) in [5.41, 5.74) is 1.01. The Kier molecular flexibility index (Phi) is 7.43. The van der Waals surface area contributed by atoms with E-state index in [-0.39, 0.29) is 12.5 Å². The Balaban J connectivity index is 1.60. The number of carbonyl (C=O) groups excluding carboxylic acids is 3. The lowest BCUT2D eigenvalue weighted by atomic mass is 10.1. The number of ether oxygens (including phenoxy) is 2. The predicted molar refractivity (Wildman–Crippen MR) is 111 cm³/mol. The molecule has 7 heteroatoms. The topological polar surface area (TPSA) is 84.9 Å². The van der Waals surface area contributed by atoms with E-state index < -0.39 is 18.0 Å². The van der Waals surface area contributed by atoms with E-state index in [4.69, 9.17) is 9.47 Å². The van der Waals surface area contributed by atoms with Gasteiger partial charge in [-0.3, -0.25) is 14.4 Å². The van der Waals surface area contributed by atoms with E-state index in [9.17, 15) is 14.4 Å². The highest BCUT2D eigenvalue weighted by Crippen LogP contribution is 2.23. The van der Waals surface area contributed by atoms with Crippen molar-refractivity contribution in [1.82, 2.24) is 10.2 Å². The second-order valence-electron chi connectivity index (χ2n) is 6.95. The maximum Gasteiger partial charge on any atom is 0.326 e. The average molecular weight is 410 g/mol. The second-order valence-corrected chi connectivity index (χ2v) is 6.95. The highest BCUT2D eigenvalue weighted by Gasteiger charge is 2.30. The number of nitrogens with zero attached hydrogens (tertiary/aromatic N) is 1. The first kappa shape index (κ1) is 21.4. The fraction of sp³-hybridized carbons (Fsp3) is 0.348. The second kappa shape index (κ2) is 10.4. The maximum absolute atomic E-state index is 12.9. The van der Waals surface area contributed by atoms with Crippen molar-refractivity contribution in [3.8, 4) is 5.75 Å². The normalized spacial score (nSPS) is 14.1. The summed E-state index contributed by atoms with van der Waals surface area (Å²) in [5.74, 6) is -0.641. The summed E-state index contributed by atoms with van der Waals surface area (Å²) < 4.78 is 10.8. The molecule has 2 aromatic carbocycles. The van der Waals surface area contributed by atoms with Gasteiger partial charge in [0.25, 0.3) is 11.8 Å². The fourth-order valence-electron chi connectivity index (χ4n) is 3.29. The Morgan fingerprint density at radius 3 is 2.30 bits per heavy atom. The number of hydrogen-bond acceptors (Lipinski definition) is 5. The van der Waals surface area contributed by atoms with Crippen LogP contribution in [-0.4, -0.2) is 48.9 Å². The van der Waals surface area contributed by atoms with Crippen LogP contribution in [-0.2, 0) is 14.3 Å². The minimum atomic E-state index is -1.01. The van der Waals surface area contributed by atoms with E-state index in [1.54, 1.807) is 53.4 Å². The van der Waals surface area contributed by atoms with Gasteiger partial charge in [-0.2, -0.15) is 0 Å². The smallest absolute Gasteiger partial charge is 0.326 e. The van der Waals surface area contributed by atoms with Crippen LogP contribution in [0.4, 0.5) is 0 Å². The molecule has 1 aliphatic heterocycles. The number of carbonyl (C=O) groups is 3. The summed E-state index contributed by atoms with van der Waals surface area (Å²) >= 11 is 0. The molecule has 3 rings (SSSR count). The number of hydrogen-bond donors (Lipinski definition) is 1. The summed E-state index contributed by atoms with van der Waals surface area (Å²) in [4.78, 5) is 39.3. The zero-order chi connectivity index (χ0) is 21.3. The molecule has 0 aliphatic carbocycles. The van der Waals surface area contributed by atoms with Crippen molar-refractivity contribution in [2.75, 3.05) is 26.2 Å². The van der Waals surface area contributed by atoms with Crippen LogP contribution in [0.2, 0.25) is 0 Å². The summed E-state index contributed by atoms with van der Waals surface area (Å²) in [6, 6.07) is 15.6. The van der Waals surface area contributed by atoms with Gasteiger partial charge in [-0.05, 0) is 44.0 Å². The van der Waals surface area contributed by atoms with Gasteiger partial charge in [0.1, 0.15) is 12.3 Å². The zero-order valence-electron chi connectivity index (χ0n) is 17.0. The van der Waals surface area contributed by atoms with E-state index in [1.807, 2.05) is 13.0 Å². The molecule has 2 amide bonds. The summed E-state index contributed by atoms with van der Waals surface area (Å²) in [5, 5.41) is 2.54. The van der Waals surface area contributed by atoms with Crippen molar-refractivity contribution in [1.29, 1.82) is 0 Å². The highest BCUT2D eigenvalue weighted by molar-refractivity contribution is 5.96. The number of benzene rings is 2. The average Bonchev–Trinajstić information content (AvgIpc) is 3.32. The molecule has 7 nitrogen and oxygen atoms in total. The van der Waals surface area contributed by atoms with E-state index >= 15 is 0 Å². The van der Waals surface area contributed by atoms with Crippen LogP contribution >= 0.6 is 0 Å². The van der Waals surface area contributed by atoms with Gasteiger partial charge in [0.05, 0.1) is 6.61 Å². The monoisotopic (exact) mass is 410 g/mol. The molecular weight excluding hydrogens is 384 g/mol. The van der Waals surface area contributed by atoms with Crippen LogP contribution in [0, 0.1) is 0 Å². The van der Waals surface area contributed by atoms with Crippen LogP contribution in [0.15, 0.2) is 54.6 Å². The molecule has 1 saturated heterocycles. The Labute approximate surface area is 176 Å². The molecule has 0 unspecified atom stereocenters. The van der Waals surface area contributed by atoms with E-state index in [0.29, 0.717) is 36.6 Å². The molecule has 0 saturated carbocycles. The van der Waals surface area contributed by atoms with Crippen molar-refractivity contribution >= 4 is 17.8 Å². The molecule has 1 fully saturated rings. The lowest BCUT2D eigenvalue weighted by Gasteiger charge is -2.23. The van der Waals surface area contributed by atoms with E-state index in [2.05, 4.69) is 5.32 Å². The minimum Gasteiger partial charge on any atom is -0.494 e. The quantitative estimate of drug-likeness (QED) is 0.677. The number of amides is 2. The van der Waals surface area contributed by atoms with Gasteiger partial charge in [-0.1, -0.05) is 30.3 Å². The molecule has 1 atom stereocenters. The molecule has 0 radical (unpaired) electrons. The molecule has 158 valence electrons. The number of nitrogens with one attached hydrogen (secondary N) is 1. The molecule has 1 N–H and O–H groups in total. The molecule has 1 heterocycles. The van der Waals surface area contributed by atoms with Crippen molar-refractivity contribution in [3.63, 3.8) is 0 Å². The van der Waals surface area contributed by atoms with Gasteiger partial charge >= 0.3 is 5.97 Å². The molecular formula is C23H26N2O5. The molecule has 2 aromatic rings. The summed E-state index contributed by atoms with van der Waals surface area (Å²) in [6.45, 7) is 3.41. The lowest BCUT2D eigenvalue weighted by Crippen LogP contribution is -2.37. The Morgan fingerprint density at radius 2 is 1.67 bits per heavy atom. The van der Waals surface area contributed by atoms with Crippen molar-refractivity contribution in [2.45, 2.75) is 25.9 Å². The largest absolute Gasteiger partial charge is 0.494 e. The highest BCUT2D eigenvalue weighted by atomic mass is 16.5. The minimum absolute atomic E-state index is 0.232. The SMILES string of the molecule is CCOc1ccc(C(=O)NCC(=O)O[C@@H](C(=O)N2CCCC2)c2ccccc2)cc1. The number of esters is 1. The van der Waals surface area contributed by atoms with Gasteiger partial charge in [0.2, 0.25) is 6.10 Å². The van der Waals surface area contributed by atoms with Crippen LogP contribution in [0.25, 0.3) is 0 Å². The van der Waals surface area contributed by atoms with Crippen LogP contribution in [0.5, 0.6) is 5.75 Å². The van der Waals surface area contributed by atoms with Gasteiger partial charge in [-0.15, -0.1) is 0 Å². The third-order valence-electron chi connectivity index (χ3n) is 4.81. The third-order valence-corrected chi connectivity index (χ3v) is 4.81. The van der Waals surface area contributed by atoms with Crippen molar-refractivity contribution < 1.29 is 23.9 Å². The van der Waals surface area contributed by atoms with Crippen molar-refractivity contribution in [3.05, 3.63) is 65.7 Å². The fourth-order valence-corrected chi connectivity index (χ4v) is 3.29. The standard InChI is InChI=1S/C23H26N2O5/c1-2-29-19-12-10-18(11-13-19)22(27)24-16-20(26)30-21(17-8-4-3-5-9-17)23(28)25-14-6-7-15-25/h3-5,8-13,21H,2,6-7,14-16H2,1H3,(H,24,27)/t21-/m1/s1. The van der Waals surface area contributed by atoms with Gasteiger partial charge < -0.3 is 19.7 Å². The maximum atomic E-state index is 12.9. The van der Waals surface area contributed by atoms with Crippen molar-refractivity contribution in [2.24, 2.45) is 0 Å². The van der Waals surface area contributed by atoms with E-state index in [1.165, 1.54) is 0 Å². The van der Waals surface area contributed by atoms with Crippen LogP contribution in [0.1, 0.15) is 41.8 Å². The summed E-state index contributed by atoms with van der Waals surface area (Å²) in [7, 11) is 0. The molecule has 1 aliphatic rings. The predicted octanol–water partition coefficient (Wildman–Crippen LogP) is 2.72. The number of likely N-dealkylation sites (tertiary alicyclic amines) is 1. The molecule has 30 heavy (non-hydrogen) atoms. The Morgan fingerprint density at radius 1 is 1.00 bits per heavy atom. The molecule has 0 bridgehead atoms. The van der Waals surface area contributed by atoms with Crippen LogP contribution < -0.4 is 10.1 Å². The Hall–Kier alpha value is -3.35. The van der Waals surface area contributed by atoms with Crippen LogP contribution in [0.3, 0.4) is 0 Å². The zero-order valence-corrected chi connectivity index (χ0v) is 17.0. The first-order valence-corrected chi connectivity index (χ1v) is 10.1. The summed E-state index contributed by atoms with van der Waals surface area (Å²) in [6.07, 6.45) is 0.873. The number of rotatable bonds is 8. The molecule has 0 aromatic heterocycles. The first-order chi connectivity index (χ1) is 14.6. The molecule has 0 spiro atoms. The Bertz CT molecular complexity index is 861. The first-order valence-electron chi connectivity index (χ1n) is 10.1. The van der Waals surface area contributed by atoms with Gasteiger partial charge in [0, 0.05) is 24.2 Å². The van der Waals surface area contributed by atoms with E-state index in [0.717, 1.165) is 12.8 Å². The van der Waals surface area contributed by atoms with Gasteiger partial charge in [-0.25, -0.2) is 0 Å². The lowest BCUT2D eigenvalue weighted by molar-refractivity contribution is -0.159. The van der Waals surface area contributed by atoms with Gasteiger partial charge in [0.15, 0.2) is 0 Å². The third kappa shape index (κ3) is 5.59.